The number of benzene rings is 3. The molecule has 166 valence electrons. The molecule has 1 heterocycles. The molecule has 0 aliphatic heterocycles. The maximum Gasteiger partial charge on any atom is 0.249 e. The van der Waals surface area contributed by atoms with Crippen molar-refractivity contribution in [2.75, 3.05) is 5.32 Å². The van der Waals surface area contributed by atoms with Gasteiger partial charge in [0.05, 0.1) is 5.69 Å². The number of amidine groups is 1. The van der Waals surface area contributed by atoms with Gasteiger partial charge in [-0.3, -0.25) is 10.2 Å². The third-order valence-corrected chi connectivity index (χ3v) is 5.54. The van der Waals surface area contributed by atoms with Crippen LogP contribution in [-0.2, 0) is 6.42 Å². The third-order valence-electron chi connectivity index (χ3n) is 5.54. The Labute approximate surface area is 192 Å². The first kappa shape index (κ1) is 21.8. The van der Waals surface area contributed by atoms with Gasteiger partial charge in [-0.25, -0.2) is 4.98 Å². The Kier molecular flexibility index (Phi) is 6.22. The van der Waals surface area contributed by atoms with Gasteiger partial charge in [-0.05, 0) is 47.9 Å². The Hall–Kier alpha value is -4.39. The number of aromatic nitrogens is 2. The van der Waals surface area contributed by atoms with Crippen LogP contribution in [0.1, 0.15) is 45.8 Å². The molecule has 0 saturated heterocycles. The average Bonchev–Trinajstić information content (AvgIpc) is 3.32. The molecule has 1 aromatic heterocycles. The number of carbonyl (C=O) groups is 1. The topological polar surface area (TPSA) is 134 Å². The lowest BCUT2D eigenvalue weighted by molar-refractivity contribution is 0.100. The second-order valence-corrected chi connectivity index (χ2v) is 7.75. The van der Waals surface area contributed by atoms with Crippen molar-refractivity contribution in [1.29, 1.82) is 5.41 Å². The minimum Gasteiger partial charge on any atom is -0.384 e. The predicted molar refractivity (Wildman–Crippen MR) is 131 cm³/mol. The molecule has 0 unspecified atom stereocenters. The number of anilines is 1. The molecule has 0 saturated carbocycles. The molecule has 0 spiro atoms. The molecule has 33 heavy (non-hydrogen) atoms. The standard InChI is InChI=1S/C26H26N6O/c1-2-16-6-5-7-18(14-16)23(31-19-12-10-17(11-13-19)24(27)28)26-30-15-22(32-26)20-8-3-4-9-21(20)25(29)33/h3-15,23,31H,2H2,1H3,(H3,27,28)(H2,29,33)(H,30,32)/t23-/m0/s1. The number of nitrogen functional groups attached to an aromatic ring is 1. The summed E-state index contributed by atoms with van der Waals surface area (Å²) in [5, 5.41) is 11.1. The van der Waals surface area contributed by atoms with Crippen LogP contribution in [0.25, 0.3) is 11.3 Å². The van der Waals surface area contributed by atoms with E-state index in [1.165, 1.54) is 5.56 Å². The van der Waals surface area contributed by atoms with Gasteiger partial charge in [0.15, 0.2) is 0 Å². The molecule has 4 aromatic rings. The summed E-state index contributed by atoms with van der Waals surface area (Å²) in [6.07, 6.45) is 2.71. The SMILES string of the molecule is CCc1cccc([C@H](Nc2ccc(C(=N)N)cc2)c2nc(-c3ccccc3C(N)=O)c[nH]2)c1. The molecule has 7 N–H and O–H groups in total. The number of hydrogen-bond donors (Lipinski definition) is 5. The number of aromatic amines is 1. The fourth-order valence-corrected chi connectivity index (χ4v) is 3.76. The van der Waals surface area contributed by atoms with E-state index in [4.69, 9.17) is 21.9 Å². The fourth-order valence-electron chi connectivity index (χ4n) is 3.76. The Morgan fingerprint density at radius 2 is 1.82 bits per heavy atom. The zero-order valence-corrected chi connectivity index (χ0v) is 18.3. The molecule has 7 nitrogen and oxygen atoms in total. The van der Waals surface area contributed by atoms with Crippen molar-refractivity contribution in [1.82, 2.24) is 9.97 Å². The van der Waals surface area contributed by atoms with E-state index in [2.05, 4.69) is 35.4 Å². The fraction of sp³-hybridized carbons (Fsp3) is 0.115. The zero-order valence-electron chi connectivity index (χ0n) is 18.3. The van der Waals surface area contributed by atoms with E-state index in [1.54, 1.807) is 30.5 Å². The minimum absolute atomic E-state index is 0.0255. The maximum absolute atomic E-state index is 11.9. The van der Waals surface area contributed by atoms with Gasteiger partial charge in [0.1, 0.15) is 17.7 Å². The summed E-state index contributed by atoms with van der Waals surface area (Å²) in [7, 11) is 0. The van der Waals surface area contributed by atoms with Crippen LogP contribution in [0.15, 0.2) is 79.0 Å². The smallest absolute Gasteiger partial charge is 0.249 e. The van der Waals surface area contributed by atoms with Crippen LogP contribution < -0.4 is 16.8 Å². The largest absolute Gasteiger partial charge is 0.384 e. The van der Waals surface area contributed by atoms with Gasteiger partial charge in [-0.15, -0.1) is 0 Å². The van der Waals surface area contributed by atoms with Crippen LogP contribution >= 0.6 is 0 Å². The molecular formula is C26H26N6O. The maximum atomic E-state index is 11.9. The lowest BCUT2D eigenvalue weighted by atomic mass is 10.0. The summed E-state index contributed by atoms with van der Waals surface area (Å²) < 4.78 is 0. The van der Waals surface area contributed by atoms with Crippen molar-refractivity contribution in [3.63, 3.8) is 0 Å². The molecule has 4 rings (SSSR count). The number of amides is 1. The van der Waals surface area contributed by atoms with Crippen molar-refractivity contribution < 1.29 is 4.79 Å². The lowest BCUT2D eigenvalue weighted by Gasteiger charge is -2.19. The number of primary amides is 1. The summed E-state index contributed by atoms with van der Waals surface area (Å²) in [5.41, 5.74) is 16.7. The first-order valence-corrected chi connectivity index (χ1v) is 10.7. The van der Waals surface area contributed by atoms with E-state index in [9.17, 15) is 4.79 Å². The number of hydrogen-bond acceptors (Lipinski definition) is 4. The van der Waals surface area contributed by atoms with Gasteiger partial charge in [0.25, 0.3) is 0 Å². The number of nitrogens with zero attached hydrogens (tertiary/aromatic N) is 1. The van der Waals surface area contributed by atoms with Crippen molar-refractivity contribution in [3.8, 4) is 11.3 Å². The van der Waals surface area contributed by atoms with Gasteiger partial charge in [0.2, 0.25) is 5.91 Å². The summed E-state index contributed by atoms with van der Waals surface area (Å²) in [4.78, 5) is 20.0. The van der Waals surface area contributed by atoms with Crippen molar-refractivity contribution in [2.24, 2.45) is 11.5 Å². The van der Waals surface area contributed by atoms with E-state index in [-0.39, 0.29) is 11.9 Å². The highest BCUT2D eigenvalue weighted by Crippen LogP contribution is 2.29. The second-order valence-electron chi connectivity index (χ2n) is 7.75. The number of rotatable bonds is 8. The van der Waals surface area contributed by atoms with E-state index in [1.807, 2.05) is 30.3 Å². The predicted octanol–water partition coefficient (Wildman–Crippen LogP) is 4.22. The van der Waals surface area contributed by atoms with E-state index < -0.39 is 5.91 Å². The molecule has 1 atom stereocenters. The van der Waals surface area contributed by atoms with Crippen molar-refractivity contribution in [2.45, 2.75) is 19.4 Å². The molecule has 0 radical (unpaired) electrons. The molecule has 1 amide bonds. The van der Waals surface area contributed by atoms with E-state index >= 15 is 0 Å². The number of H-pyrrole nitrogens is 1. The van der Waals surface area contributed by atoms with Crippen LogP contribution in [0, 0.1) is 5.41 Å². The van der Waals surface area contributed by atoms with Crippen LogP contribution in [0.2, 0.25) is 0 Å². The summed E-state index contributed by atoms with van der Waals surface area (Å²) in [6.45, 7) is 2.12. The summed E-state index contributed by atoms with van der Waals surface area (Å²) in [5.74, 6) is 0.233. The molecule has 0 bridgehead atoms. The first-order valence-electron chi connectivity index (χ1n) is 10.7. The van der Waals surface area contributed by atoms with E-state index in [0.717, 1.165) is 17.7 Å². The Morgan fingerprint density at radius 3 is 2.52 bits per heavy atom. The lowest BCUT2D eigenvalue weighted by Crippen LogP contribution is -2.15. The van der Waals surface area contributed by atoms with Crippen LogP contribution in [0.5, 0.6) is 0 Å². The minimum atomic E-state index is -0.494. The first-order chi connectivity index (χ1) is 16.0. The van der Waals surface area contributed by atoms with Gasteiger partial charge in [0, 0.05) is 28.6 Å². The van der Waals surface area contributed by atoms with Gasteiger partial charge in [-0.1, -0.05) is 49.4 Å². The van der Waals surface area contributed by atoms with Gasteiger partial charge >= 0.3 is 0 Å². The quantitative estimate of drug-likeness (QED) is 0.208. The van der Waals surface area contributed by atoms with Crippen molar-refractivity contribution in [3.05, 3.63) is 107 Å². The van der Waals surface area contributed by atoms with Gasteiger partial charge in [-0.2, -0.15) is 0 Å². The Morgan fingerprint density at radius 1 is 1.06 bits per heavy atom. The van der Waals surface area contributed by atoms with Gasteiger partial charge < -0.3 is 21.8 Å². The second kappa shape index (κ2) is 9.40. The normalized spacial score (nSPS) is 11.7. The molecule has 7 heteroatoms. The highest BCUT2D eigenvalue weighted by atomic mass is 16.1. The van der Waals surface area contributed by atoms with E-state index in [0.29, 0.717) is 28.2 Å². The number of aryl methyl sites for hydroxylation is 1. The molecular weight excluding hydrogens is 412 g/mol. The number of imidazole rings is 1. The highest BCUT2D eigenvalue weighted by molar-refractivity contribution is 5.99. The zero-order chi connectivity index (χ0) is 23.4. The molecule has 3 aromatic carbocycles. The summed E-state index contributed by atoms with van der Waals surface area (Å²) >= 11 is 0. The Balaban J connectivity index is 1.74. The number of carbonyl (C=O) groups excluding carboxylic acids is 1. The number of nitrogens with two attached hydrogens (primary N) is 2. The molecule has 0 aliphatic rings. The monoisotopic (exact) mass is 438 g/mol. The molecule has 0 fully saturated rings. The summed E-state index contributed by atoms with van der Waals surface area (Å²) in [6, 6.07) is 22.6. The van der Waals surface area contributed by atoms with Crippen molar-refractivity contribution >= 4 is 17.4 Å². The molecule has 0 aliphatic carbocycles. The average molecular weight is 439 g/mol. The Bertz CT molecular complexity index is 1290. The number of nitrogens with one attached hydrogen (secondary N) is 3. The highest BCUT2D eigenvalue weighted by Gasteiger charge is 2.20. The third kappa shape index (κ3) is 4.77. The van der Waals surface area contributed by atoms with Crippen LogP contribution in [0.3, 0.4) is 0 Å². The van der Waals surface area contributed by atoms with Crippen LogP contribution in [0.4, 0.5) is 5.69 Å². The van der Waals surface area contributed by atoms with Crippen LogP contribution in [-0.4, -0.2) is 21.7 Å².